The molecule has 1 aliphatic rings. The molecule has 33 heavy (non-hydrogen) atoms. The number of likely N-dealkylation sites (tertiary alicyclic amines) is 1. The van der Waals surface area contributed by atoms with Crippen LogP contribution in [0.4, 0.5) is 4.39 Å². The molecule has 4 aromatic rings. The third-order valence-corrected chi connectivity index (χ3v) is 6.34. The molecule has 0 aliphatic carbocycles. The van der Waals surface area contributed by atoms with Gasteiger partial charge in [0.2, 0.25) is 0 Å². The Morgan fingerprint density at radius 2 is 1.88 bits per heavy atom. The van der Waals surface area contributed by atoms with Crippen LogP contribution in [0.15, 0.2) is 61.1 Å². The first-order valence-corrected chi connectivity index (χ1v) is 11.2. The maximum absolute atomic E-state index is 13.8. The molecular weight excluding hydrogens is 417 g/mol. The number of carbonyl (C=O) groups excluding carboxylic acids is 1. The summed E-state index contributed by atoms with van der Waals surface area (Å²) in [6.07, 6.45) is 7.16. The molecule has 6 nitrogen and oxygen atoms in total. The quantitative estimate of drug-likeness (QED) is 0.510. The van der Waals surface area contributed by atoms with Gasteiger partial charge in [-0.2, -0.15) is 0 Å². The lowest BCUT2D eigenvalue weighted by atomic mass is 9.99. The Hall–Kier alpha value is -3.58. The minimum Gasteiger partial charge on any atom is -0.348 e. The Bertz CT molecular complexity index is 1320. The van der Waals surface area contributed by atoms with E-state index in [0.717, 1.165) is 48.3 Å². The molecule has 5 rings (SSSR count). The molecule has 168 valence electrons. The Balaban J connectivity index is 1.49. The number of fused-ring (bicyclic) bond motifs is 1. The monoisotopic (exact) mass is 443 g/mol. The number of amides is 1. The van der Waals surface area contributed by atoms with Gasteiger partial charge in [0.15, 0.2) is 0 Å². The number of nitrogens with one attached hydrogen (secondary N) is 1. The van der Waals surface area contributed by atoms with E-state index in [1.54, 1.807) is 31.5 Å². The molecule has 0 spiro atoms. The number of hydrogen-bond acceptors (Lipinski definition) is 4. The van der Waals surface area contributed by atoms with Crippen molar-refractivity contribution in [1.29, 1.82) is 0 Å². The van der Waals surface area contributed by atoms with E-state index in [-0.39, 0.29) is 17.8 Å². The van der Waals surface area contributed by atoms with Crippen molar-refractivity contribution in [3.8, 4) is 22.4 Å². The molecule has 0 radical (unpaired) electrons. The lowest BCUT2D eigenvalue weighted by Crippen LogP contribution is -2.43. The second-order valence-corrected chi connectivity index (χ2v) is 8.70. The highest BCUT2D eigenvalue weighted by atomic mass is 19.1. The number of aromatic nitrogens is 3. The van der Waals surface area contributed by atoms with Crippen LogP contribution in [0.3, 0.4) is 0 Å². The molecular formula is C26H26FN5O. The number of halogens is 1. The van der Waals surface area contributed by atoms with Crippen molar-refractivity contribution >= 4 is 11.6 Å². The lowest BCUT2D eigenvalue weighted by Gasteiger charge is -2.29. The number of piperidine rings is 1. The molecule has 3 aromatic heterocycles. The second-order valence-electron chi connectivity index (χ2n) is 8.70. The van der Waals surface area contributed by atoms with E-state index in [2.05, 4.69) is 27.2 Å². The molecule has 1 aromatic carbocycles. The van der Waals surface area contributed by atoms with Gasteiger partial charge in [-0.3, -0.25) is 14.2 Å². The highest BCUT2D eigenvalue weighted by Gasteiger charge is 2.21. The number of imidazole rings is 1. The van der Waals surface area contributed by atoms with E-state index in [4.69, 9.17) is 0 Å². The van der Waals surface area contributed by atoms with Gasteiger partial charge >= 0.3 is 0 Å². The summed E-state index contributed by atoms with van der Waals surface area (Å²) in [6, 6.07) is 12.9. The van der Waals surface area contributed by atoms with Crippen LogP contribution in [0.1, 0.15) is 28.9 Å². The molecule has 4 heterocycles. The van der Waals surface area contributed by atoms with Crippen molar-refractivity contribution in [3.05, 3.63) is 78.1 Å². The van der Waals surface area contributed by atoms with Crippen LogP contribution < -0.4 is 5.32 Å². The zero-order chi connectivity index (χ0) is 22.9. The minimum atomic E-state index is -0.240. The van der Waals surface area contributed by atoms with Crippen LogP contribution in [0, 0.1) is 12.7 Å². The summed E-state index contributed by atoms with van der Waals surface area (Å²) < 4.78 is 15.6. The van der Waals surface area contributed by atoms with Crippen LogP contribution in [0.25, 0.3) is 28.0 Å². The summed E-state index contributed by atoms with van der Waals surface area (Å²) in [5, 5.41) is 3.17. The lowest BCUT2D eigenvalue weighted by molar-refractivity contribution is 0.0911. The first-order valence-electron chi connectivity index (χ1n) is 11.2. The Morgan fingerprint density at radius 3 is 2.67 bits per heavy atom. The molecule has 1 N–H and O–H groups in total. The molecule has 1 fully saturated rings. The van der Waals surface area contributed by atoms with Gasteiger partial charge in [0.1, 0.15) is 17.2 Å². The Morgan fingerprint density at radius 1 is 1.09 bits per heavy atom. The highest BCUT2D eigenvalue weighted by molar-refractivity contribution is 5.93. The molecule has 0 atom stereocenters. The maximum Gasteiger partial charge on any atom is 0.270 e. The van der Waals surface area contributed by atoms with Crippen LogP contribution >= 0.6 is 0 Å². The fourth-order valence-electron chi connectivity index (χ4n) is 4.38. The van der Waals surface area contributed by atoms with Crippen LogP contribution in [-0.4, -0.2) is 51.4 Å². The summed E-state index contributed by atoms with van der Waals surface area (Å²) in [5.41, 5.74) is 5.19. The van der Waals surface area contributed by atoms with Crippen molar-refractivity contribution < 1.29 is 9.18 Å². The third kappa shape index (κ3) is 4.24. The van der Waals surface area contributed by atoms with Crippen molar-refractivity contribution in [3.63, 3.8) is 0 Å². The summed E-state index contributed by atoms with van der Waals surface area (Å²) in [5.74, 6) is -0.355. The van der Waals surface area contributed by atoms with E-state index in [1.807, 2.05) is 34.9 Å². The van der Waals surface area contributed by atoms with E-state index in [9.17, 15) is 9.18 Å². The first-order chi connectivity index (χ1) is 16.0. The molecule has 1 amide bonds. The summed E-state index contributed by atoms with van der Waals surface area (Å²) in [7, 11) is 2.10. The fourth-order valence-corrected chi connectivity index (χ4v) is 4.38. The second kappa shape index (κ2) is 8.75. The van der Waals surface area contributed by atoms with Crippen molar-refractivity contribution in [1.82, 2.24) is 24.6 Å². The predicted molar refractivity (Wildman–Crippen MR) is 127 cm³/mol. The van der Waals surface area contributed by atoms with Crippen molar-refractivity contribution in [2.24, 2.45) is 0 Å². The standard InChI is InChI=1S/C26H26FN5O/c1-17-14-18(5-7-22(17)27)25-21(4-3-11-28-25)19-6-8-24-29-15-23(32(24)16-19)26(33)30-20-9-12-31(2)13-10-20/h3-8,11,14-16,20H,9-10,12-13H2,1-2H3,(H,30,33). The molecule has 1 aliphatic heterocycles. The van der Waals surface area contributed by atoms with Crippen molar-refractivity contribution in [2.45, 2.75) is 25.8 Å². The number of rotatable bonds is 4. The minimum absolute atomic E-state index is 0.116. The molecule has 0 saturated carbocycles. The normalized spacial score (nSPS) is 15.1. The van der Waals surface area contributed by atoms with E-state index >= 15 is 0 Å². The van der Waals surface area contributed by atoms with Gasteiger partial charge in [0.05, 0.1) is 11.9 Å². The van der Waals surface area contributed by atoms with Gasteiger partial charge in [-0.1, -0.05) is 6.07 Å². The Kier molecular flexibility index (Phi) is 5.64. The number of benzene rings is 1. The zero-order valence-electron chi connectivity index (χ0n) is 18.8. The summed E-state index contributed by atoms with van der Waals surface area (Å²) in [6.45, 7) is 3.71. The number of hydrogen-bond donors (Lipinski definition) is 1. The smallest absolute Gasteiger partial charge is 0.270 e. The molecule has 0 bridgehead atoms. The summed E-state index contributed by atoms with van der Waals surface area (Å²) in [4.78, 5) is 24.3. The van der Waals surface area contributed by atoms with Gasteiger partial charge in [0, 0.05) is 35.1 Å². The number of pyridine rings is 2. The topological polar surface area (TPSA) is 62.5 Å². The van der Waals surface area contributed by atoms with Gasteiger partial charge in [-0.15, -0.1) is 0 Å². The van der Waals surface area contributed by atoms with Gasteiger partial charge in [-0.05, 0) is 81.9 Å². The fraction of sp³-hybridized carbons (Fsp3) is 0.269. The predicted octanol–water partition coefficient (Wildman–Crippen LogP) is 4.33. The average Bonchev–Trinajstić information content (AvgIpc) is 3.26. The average molecular weight is 444 g/mol. The van der Waals surface area contributed by atoms with Gasteiger partial charge in [0.25, 0.3) is 5.91 Å². The Labute approximate surface area is 192 Å². The largest absolute Gasteiger partial charge is 0.348 e. The number of nitrogens with zero attached hydrogens (tertiary/aromatic N) is 4. The number of carbonyl (C=O) groups is 1. The van der Waals surface area contributed by atoms with Crippen molar-refractivity contribution in [2.75, 3.05) is 20.1 Å². The molecule has 7 heteroatoms. The van der Waals surface area contributed by atoms with Crippen LogP contribution in [0.2, 0.25) is 0 Å². The van der Waals surface area contributed by atoms with Crippen LogP contribution in [-0.2, 0) is 0 Å². The van der Waals surface area contributed by atoms with Gasteiger partial charge < -0.3 is 10.2 Å². The molecule has 1 saturated heterocycles. The van der Waals surface area contributed by atoms with E-state index in [1.165, 1.54) is 6.07 Å². The van der Waals surface area contributed by atoms with E-state index < -0.39 is 0 Å². The highest BCUT2D eigenvalue weighted by Crippen LogP contribution is 2.31. The SMILES string of the molecule is Cc1cc(-c2ncccc2-c2ccc3ncc(C(=O)NC4CCN(C)CC4)n3c2)ccc1F. The number of aryl methyl sites for hydroxylation is 1. The zero-order valence-corrected chi connectivity index (χ0v) is 18.8. The first kappa shape index (κ1) is 21.3. The van der Waals surface area contributed by atoms with Gasteiger partial charge in [-0.25, -0.2) is 9.37 Å². The maximum atomic E-state index is 13.8. The van der Waals surface area contributed by atoms with E-state index in [0.29, 0.717) is 16.9 Å². The summed E-state index contributed by atoms with van der Waals surface area (Å²) >= 11 is 0. The van der Waals surface area contributed by atoms with Crippen LogP contribution in [0.5, 0.6) is 0 Å². The third-order valence-electron chi connectivity index (χ3n) is 6.34. The molecule has 0 unspecified atom stereocenters.